The van der Waals surface area contributed by atoms with E-state index >= 15 is 0 Å². The molecule has 1 nitrogen and oxygen atoms in total. The molecular weight excluding hydrogens is 235 g/mol. The van der Waals surface area contributed by atoms with Gasteiger partial charge in [-0.2, -0.15) is 0 Å². The summed E-state index contributed by atoms with van der Waals surface area (Å²) < 4.78 is -1.87. The van der Waals surface area contributed by atoms with E-state index in [1.165, 1.54) is 0 Å². The van der Waals surface area contributed by atoms with Gasteiger partial charge >= 0.3 is 80.7 Å². The van der Waals surface area contributed by atoms with Gasteiger partial charge in [0.15, 0.2) is 0 Å². The van der Waals surface area contributed by atoms with Crippen molar-refractivity contribution in [3.05, 3.63) is 0 Å². The molecule has 0 aromatic carbocycles. The van der Waals surface area contributed by atoms with Crippen molar-refractivity contribution in [2.75, 3.05) is 13.1 Å². The normalized spacial score (nSPS) is 16.9. The molecule has 0 aliphatic carbocycles. The number of rotatable bonds is 3. The summed E-state index contributed by atoms with van der Waals surface area (Å²) in [5.74, 6) is 0. The molecule has 0 saturated heterocycles. The summed E-state index contributed by atoms with van der Waals surface area (Å²) in [7, 11) is 0. The van der Waals surface area contributed by atoms with Gasteiger partial charge in [-0.25, -0.2) is 0 Å². The van der Waals surface area contributed by atoms with Gasteiger partial charge in [0.25, 0.3) is 0 Å². The molecule has 0 aliphatic rings. The van der Waals surface area contributed by atoms with Gasteiger partial charge in [0, 0.05) is 0 Å². The number of hydrogen-bond donors (Lipinski definition) is 0. The molecule has 0 unspecified atom stereocenters. The minimum atomic E-state index is -3.52. The van der Waals surface area contributed by atoms with Crippen LogP contribution in [0.15, 0.2) is 0 Å². The summed E-state index contributed by atoms with van der Waals surface area (Å²) >= 11 is 22.8. The minimum absolute atomic E-state index is 0.661. The molecule has 0 amide bonds. The van der Waals surface area contributed by atoms with Gasteiger partial charge in [-0.05, 0) is 0 Å². The van der Waals surface area contributed by atoms with Crippen LogP contribution in [-0.2, 0) is 0 Å². The zero-order chi connectivity index (χ0) is 8.44. The van der Waals surface area contributed by atoms with Gasteiger partial charge in [0.2, 0.25) is 0 Å². The van der Waals surface area contributed by atoms with Gasteiger partial charge in [0.05, 0.1) is 0 Å². The van der Waals surface area contributed by atoms with E-state index in [-0.39, 0.29) is 0 Å². The van der Waals surface area contributed by atoms with Crippen LogP contribution >= 0.6 is 49.1 Å². The third-order valence-corrected chi connectivity index (χ3v) is 5.14. The third kappa shape index (κ3) is 3.80. The Morgan fingerprint density at radius 3 is 1.30 bits per heavy atom. The average molecular weight is 245 g/mol. The first-order valence-electron chi connectivity index (χ1n) is 2.92. The first-order valence-corrected chi connectivity index (χ1v) is 8.73. The van der Waals surface area contributed by atoms with Crippen LogP contribution in [0.5, 0.6) is 0 Å². The van der Waals surface area contributed by atoms with E-state index in [2.05, 4.69) is 0 Å². The van der Waals surface area contributed by atoms with E-state index in [0.717, 1.165) is 0 Å². The number of nitrogens with zero attached hydrogens (tertiary/aromatic N) is 1. The maximum absolute atomic E-state index is 5.71. The van der Waals surface area contributed by atoms with Crippen molar-refractivity contribution in [2.45, 2.75) is 13.8 Å². The Bertz CT molecular complexity index is 107. The zero-order valence-corrected chi connectivity index (χ0v) is 9.74. The molecule has 0 aromatic heterocycles. The third-order valence-electron chi connectivity index (χ3n) is 1.16. The molecule has 0 rings (SSSR count). The van der Waals surface area contributed by atoms with Gasteiger partial charge in [-0.15, -0.1) is 0 Å². The summed E-state index contributed by atoms with van der Waals surface area (Å²) in [5.41, 5.74) is 0. The summed E-state index contributed by atoms with van der Waals surface area (Å²) in [6.07, 6.45) is 0. The summed E-state index contributed by atoms with van der Waals surface area (Å²) in [6.45, 7) is 5.13. The quantitative estimate of drug-likeness (QED) is 0.665. The Balaban J connectivity index is 4.28. The molecule has 0 aliphatic heterocycles. The SMILES string of the molecule is CCN(CC)P(Cl)(Cl)(Cl)Cl. The van der Waals surface area contributed by atoms with Crippen LogP contribution in [-0.4, -0.2) is 17.8 Å². The van der Waals surface area contributed by atoms with Crippen LogP contribution < -0.4 is 0 Å². The Morgan fingerprint density at radius 2 is 1.30 bits per heavy atom. The van der Waals surface area contributed by atoms with E-state index in [1.54, 1.807) is 4.67 Å². The molecule has 0 saturated carbocycles. The average Bonchev–Trinajstić information content (AvgIpc) is 1.62. The molecule has 0 atom stereocenters. The molecule has 0 bridgehead atoms. The Hall–Kier alpha value is 1.55. The summed E-state index contributed by atoms with van der Waals surface area (Å²) in [5, 5.41) is 0. The van der Waals surface area contributed by atoms with Gasteiger partial charge in [-0.1, -0.05) is 0 Å². The van der Waals surface area contributed by atoms with E-state index in [1.807, 2.05) is 13.8 Å². The van der Waals surface area contributed by atoms with Crippen molar-refractivity contribution >= 4 is 49.1 Å². The van der Waals surface area contributed by atoms with Crippen LogP contribution in [0.4, 0.5) is 0 Å². The Morgan fingerprint density at radius 1 is 1.00 bits per heavy atom. The standard InChI is InChI=1S/C4H10Cl4NP/c1-3-9(4-2)10(5,6,7)8/h3-4H2,1-2H3. The summed E-state index contributed by atoms with van der Waals surface area (Å²) in [4.78, 5) is 0. The molecular formula is C4H10Cl4NP. The second-order valence-electron chi connectivity index (χ2n) is 1.82. The van der Waals surface area contributed by atoms with Crippen molar-refractivity contribution in [3.63, 3.8) is 0 Å². The van der Waals surface area contributed by atoms with E-state index in [0.29, 0.717) is 13.1 Å². The topological polar surface area (TPSA) is 3.24 Å². The number of hydrogen-bond acceptors (Lipinski definition) is 1. The maximum atomic E-state index is 5.71. The van der Waals surface area contributed by atoms with Crippen molar-refractivity contribution < 1.29 is 0 Å². The molecule has 0 fully saturated rings. The molecule has 0 radical (unpaired) electrons. The van der Waals surface area contributed by atoms with Gasteiger partial charge in [-0.3, -0.25) is 0 Å². The van der Waals surface area contributed by atoms with Crippen molar-refractivity contribution in [2.24, 2.45) is 0 Å². The van der Waals surface area contributed by atoms with Crippen LogP contribution in [0.1, 0.15) is 13.8 Å². The van der Waals surface area contributed by atoms with E-state index in [9.17, 15) is 0 Å². The van der Waals surface area contributed by atoms with Gasteiger partial charge < -0.3 is 0 Å². The predicted octanol–water partition coefficient (Wildman–Crippen LogP) is 4.41. The fourth-order valence-electron chi connectivity index (χ4n) is 0.651. The molecule has 10 heavy (non-hydrogen) atoms. The molecule has 0 aromatic rings. The Labute approximate surface area is 80.7 Å². The zero-order valence-electron chi connectivity index (χ0n) is 5.82. The second kappa shape index (κ2) is 3.51. The molecule has 64 valence electrons. The van der Waals surface area contributed by atoms with Crippen molar-refractivity contribution in [1.82, 2.24) is 4.67 Å². The fourth-order valence-corrected chi connectivity index (χ4v) is 4.07. The van der Waals surface area contributed by atoms with Crippen LogP contribution in [0.3, 0.4) is 0 Å². The number of halogens is 4. The first kappa shape index (κ1) is 11.6. The fraction of sp³-hybridized carbons (Fsp3) is 1.00. The van der Waals surface area contributed by atoms with E-state index in [4.69, 9.17) is 45.0 Å². The summed E-state index contributed by atoms with van der Waals surface area (Å²) in [6, 6.07) is 0. The van der Waals surface area contributed by atoms with Crippen molar-refractivity contribution in [1.29, 1.82) is 0 Å². The molecule has 0 spiro atoms. The first-order chi connectivity index (χ1) is 4.28. The predicted molar refractivity (Wildman–Crippen MR) is 53.3 cm³/mol. The van der Waals surface area contributed by atoms with Crippen LogP contribution in [0.25, 0.3) is 0 Å². The monoisotopic (exact) mass is 243 g/mol. The Kier molecular flexibility index (Phi) is 4.06. The molecule has 0 heterocycles. The molecule has 0 N–H and O–H groups in total. The van der Waals surface area contributed by atoms with Crippen molar-refractivity contribution in [3.8, 4) is 0 Å². The second-order valence-corrected chi connectivity index (χ2v) is 14.8. The van der Waals surface area contributed by atoms with E-state index < -0.39 is 4.16 Å². The molecule has 6 heteroatoms. The van der Waals surface area contributed by atoms with Crippen LogP contribution in [0.2, 0.25) is 0 Å². The van der Waals surface area contributed by atoms with Gasteiger partial charge in [0.1, 0.15) is 0 Å². The van der Waals surface area contributed by atoms with Crippen LogP contribution in [0, 0.1) is 0 Å².